The summed E-state index contributed by atoms with van der Waals surface area (Å²) in [5, 5.41) is 4.11. The first kappa shape index (κ1) is 19.5. The molecule has 140 valence electrons. The van der Waals surface area contributed by atoms with Crippen molar-refractivity contribution in [2.24, 2.45) is 0 Å². The monoisotopic (exact) mass is 423 g/mol. The van der Waals surface area contributed by atoms with Crippen LogP contribution in [-0.2, 0) is 4.74 Å². The van der Waals surface area contributed by atoms with Gasteiger partial charge in [0, 0.05) is 16.2 Å². The average molecular weight is 424 g/mol. The van der Waals surface area contributed by atoms with Gasteiger partial charge in [0.1, 0.15) is 16.2 Å². The van der Waals surface area contributed by atoms with E-state index in [0.717, 1.165) is 10.1 Å². The first-order valence-corrected chi connectivity index (χ1v) is 9.56. The second-order valence-corrected chi connectivity index (χ2v) is 7.29. The minimum atomic E-state index is -0.554. The molecule has 0 radical (unpaired) electrons. The maximum atomic E-state index is 12.7. The topological polar surface area (TPSA) is 64.6 Å². The molecule has 0 spiro atoms. The molecule has 3 rings (SSSR count). The molecular weight excluding hydrogens is 409 g/mol. The zero-order chi connectivity index (χ0) is 19.6. The molecule has 1 amide bonds. The summed E-state index contributed by atoms with van der Waals surface area (Å²) in [6.45, 7) is 1.93. The summed E-state index contributed by atoms with van der Waals surface area (Å²) in [5.41, 5.74) is 0.488. The van der Waals surface area contributed by atoms with Crippen molar-refractivity contribution in [2.45, 2.75) is 6.92 Å². The van der Waals surface area contributed by atoms with Gasteiger partial charge in [-0.25, -0.2) is 4.79 Å². The van der Waals surface area contributed by atoms with Gasteiger partial charge in [0.05, 0.1) is 29.4 Å². The van der Waals surface area contributed by atoms with E-state index < -0.39 is 11.9 Å². The van der Waals surface area contributed by atoms with Crippen molar-refractivity contribution in [3.8, 4) is 5.75 Å². The summed E-state index contributed by atoms with van der Waals surface area (Å²) < 4.78 is 11.1. The predicted octanol–water partition coefficient (Wildman–Crippen LogP) is 5.65. The summed E-state index contributed by atoms with van der Waals surface area (Å²) in [6, 6.07) is 10.4. The number of carbonyl (C=O) groups is 2. The Morgan fingerprint density at radius 3 is 2.59 bits per heavy atom. The van der Waals surface area contributed by atoms with Crippen LogP contribution in [0.4, 0.5) is 5.69 Å². The van der Waals surface area contributed by atoms with Crippen LogP contribution in [0.1, 0.15) is 27.0 Å². The lowest BCUT2D eigenvalue weighted by molar-refractivity contribution is 0.0522. The van der Waals surface area contributed by atoms with E-state index in [1.54, 1.807) is 6.92 Å². The number of hydrogen-bond acceptors (Lipinski definition) is 5. The molecule has 1 heterocycles. The number of anilines is 1. The fourth-order valence-corrected chi connectivity index (χ4v) is 4.15. The van der Waals surface area contributed by atoms with Crippen molar-refractivity contribution < 1.29 is 19.1 Å². The molecule has 0 fully saturated rings. The average Bonchev–Trinajstić information content (AvgIpc) is 3.00. The molecule has 0 saturated carbocycles. The fraction of sp³-hybridized carbons (Fsp3) is 0.158. The van der Waals surface area contributed by atoms with E-state index in [-0.39, 0.29) is 22.9 Å². The van der Waals surface area contributed by atoms with Gasteiger partial charge in [-0.3, -0.25) is 4.79 Å². The number of benzene rings is 2. The fourth-order valence-electron chi connectivity index (χ4n) is 2.53. The van der Waals surface area contributed by atoms with E-state index in [0.29, 0.717) is 15.6 Å². The number of nitrogens with one attached hydrogen (secondary N) is 1. The quantitative estimate of drug-likeness (QED) is 0.538. The predicted molar refractivity (Wildman–Crippen MR) is 109 cm³/mol. The third-order valence-corrected chi connectivity index (χ3v) is 5.76. The summed E-state index contributed by atoms with van der Waals surface area (Å²) in [4.78, 5) is 25.1. The standard InChI is InChI=1S/C19H15Cl2NO4S/c1-3-26-19(24)11-8-12(20)13(9-14(11)25-2)22-18(23)17-16(21)10-6-4-5-7-15(10)27-17/h4-9H,3H2,1-2H3,(H,22,23). The largest absolute Gasteiger partial charge is 0.496 e. The molecule has 0 aliphatic rings. The van der Waals surface area contributed by atoms with Crippen molar-refractivity contribution in [1.29, 1.82) is 0 Å². The normalized spacial score (nSPS) is 10.7. The number of halogens is 2. The molecule has 1 N–H and O–H groups in total. The second kappa shape index (κ2) is 8.17. The van der Waals surface area contributed by atoms with Crippen LogP contribution in [0.25, 0.3) is 10.1 Å². The highest BCUT2D eigenvalue weighted by atomic mass is 35.5. The zero-order valence-corrected chi connectivity index (χ0v) is 16.8. The molecule has 0 saturated heterocycles. The SMILES string of the molecule is CCOC(=O)c1cc(Cl)c(NC(=O)c2sc3ccccc3c2Cl)cc1OC. The molecule has 0 aliphatic heterocycles. The molecule has 1 aromatic heterocycles. The van der Waals surface area contributed by atoms with Crippen LogP contribution in [0.3, 0.4) is 0 Å². The zero-order valence-electron chi connectivity index (χ0n) is 14.5. The Kier molecular flexibility index (Phi) is 5.89. The summed E-state index contributed by atoms with van der Waals surface area (Å²) in [5.74, 6) is -0.702. The van der Waals surface area contributed by atoms with Crippen LogP contribution in [0.5, 0.6) is 5.75 Å². The number of esters is 1. The highest BCUT2D eigenvalue weighted by Gasteiger charge is 2.21. The van der Waals surface area contributed by atoms with E-state index in [9.17, 15) is 9.59 Å². The van der Waals surface area contributed by atoms with Gasteiger partial charge >= 0.3 is 5.97 Å². The van der Waals surface area contributed by atoms with Crippen LogP contribution in [0, 0.1) is 0 Å². The number of fused-ring (bicyclic) bond motifs is 1. The van der Waals surface area contributed by atoms with Crippen molar-refractivity contribution in [1.82, 2.24) is 0 Å². The molecule has 0 atom stereocenters. The molecule has 3 aromatic rings. The van der Waals surface area contributed by atoms with Crippen molar-refractivity contribution in [3.05, 3.63) is 56.9 Å². The summed E-state index contributed by atoms with van der Waals surface area (Å²) in [6.07, 6.45) is 0. The lowest BCUT2D eigenvalue weighted by atomic mass is 10.1. The molecule has 0 unspecified atom stereocenters. The molecule has 0 bridgehead atoms. The van der Waals surface area contributed by atoms with E-state index in [4.69, 9.17) is 32.7 Å². The van der Waals surface area contributed by atoms with Crippen LogP contribution in [0.15, 0.2) is 36.4 Å². The van der Waals surface area contributed by atoms with E-state index >= 15 is 0 Å². The van der Waals surface area contributed by atoms with Gasteiger partial charge in [-0.05, 0) is 19.1 Å². The van der Waals surface area contributed by atoms with Gasteiger partial charge < -0.3 is 14.8 Å². The van der Waals surface area contributed by atoms with Crippen molar-refractivity contribution >= 4 is 62.2 Å². The molecule has 2 aromatic carbocycles. The lowest BCUT2D eigenvalue weighted by Gasteiger charge is -2.12. The van der Waals surface area contributed by atoms with Crippen LogP contribution >= 0.6 is 34.5 Å². The number of rotatable bonds is 5. The molecular formula is C19H15Cl2NO4S. The number of amides is 1. The van der Waals surface area contributed by atoms with Crippen LogP contribution in [0.2, 0.25) is 10.0 Å². The number of methoxy groups -OCH3 is 1. The summed E-state index contributed by atoms with van der Waals surface area (Å²) >= 11 is 13.9. The van der Waals surface area contributed by atoms with E-state index in [1.165, 1.54) is 30.6 Å². The van der Waals surface area contributed by atoms with E-state index in [1.807, 2.05) is 24.3 Å². The second-order valence-electron chi connectivity index (χ2n) is 5.45. The van der Waals surface area contributed by atoms with Crippen molar-refractivity contribution in [2.75, 3.05) is 19.0 Å². The van der Waals surface area contributed by atoms with Gasteiger partial charge in [-0.1, -0.05) is 41.4 Å². The van der Waals surface area contributed by atoms with Crippen LogP contribution < -0.4 is 10.1 Å². The summed E-state index contributed by atoms with van der Waals surface area (Å²) in [7, 11) is 1.42. The number of thiophene rings is 1. The Morgan fingerprint density at radius 2 is 1.93 bits per heavy atom. The van der Waals surface area contributed by atoms with Crippen LogP contribution in [-0.4, -0.2) is 25.6 Å². The maximum Gasteiger partial charge on any atom is 0.341 e. The Bertz CT molecular complexity index is 1030. The molecule has 0 aliphatic carbocycles. The Balaban J connectivity index is 1.93. The minimum absolute atomic E-state index is 0.183. The van der Waals surface area contributed by atoms with Gasteiger partial charge in [0.25, 0.3) is 5.91 Å². The Hall–Kier alpha value is -2.28. The van der Waals surface area contributed by atoms with Gasteiger partial charge in [-0.2, -0.15) is 0 Å². The van der Waals surface area contributed by atoms with Gasteiger partial charge in [0.15, 0.2) is 0 Å². The minimum Gasteiger partial charge on any atom is -0.496 e. The Labute approximate surface area is 169 Å². The smallest absolute Gasteiger partial charge is 0.341 e. The van der Waals surface area contributed by atoms with E-state index in [2.05, 4.69) is 5.32 Å². The highest BCUT2D eigenvalue weighted by molar-refractivity contribution is 7.21. The van der Waals surface area contributed by atoms with Gasteiger partial charge in [0.2, 0.25) is 0 Å². The number of carbonyl (C=O) groups excluding carboxylic acids is 2. The molecule has 8 heteroatoms. The number of ether oxygens (including phenoxy) is 2. The third-order valence-electron chi connectivity index (χ3n) is 3.77. The highest BCUT2D eigenvalue weighted by Crippen LogP contribution is 2.37. The maximum absolute atomic E-state index is 12.7. The first-order valence-electron chi connectivity index (χ1n) is 7.99. The molecule has 5 nitrogen and oxygen atoms in total. The Morgan fingerprint density at radius 1 is 1.19 bits per heavy atom. The number of hydrogen-bond donors (Lipinski definition) is 1. The van der Waals surface area contributed by atoms with Crippen molar-refractivity contribution in [3.63, 3.8) is 0 Å². The third kappa shape index (κ3) is 3.88. The van der Waals surface area contributed by atoms with Gasteiger partial charge in [-0.15, -0.1) is 11.3 Å². The first-order chi connectivity index (χ1) is 13.0. The molecule has 27 heavy (non-hydrogen) atoms. The lowest BCUT2D eigenvalue weighted by Crippen LogP contribution is -2.12.